The van der Waals surface area contributed by atoms with Gasteiger partial charge < -0.3 is 4.90 Å². The minimum atomic E-state index is -0.241. The predicted molar refractivity (Wildman–Crippen MR) is 103 cm³/mol. The summed E-state index contributed by atoms with van der Waals surface area (Å²) in [5, 5.41) is 13.8. The highest BCUT2D eigenvalue weighted by molar-refractivity contribution is 5.76. The van der Waals surface area contributed by atoms with Crippen molar-refractivity contribution in [1.29, 1.82) is 5.26 Å². The number of aromatic nitrogens is 4. The van der Waals surface area contributed by atoms with Crippen LogP contribution >= 0.6 is 0 Å². The number of nitriles is 1. The highest BCUT2D eigenvalue weighted by atomic mass is 16.1. The fourth-order valence-corrected chi connectivity index (χ4v) is 2.93. The summed E-state index contributed by atoms with van der Waals surface area (Å²) in [7, 11) is 1.84. The number of hydrogen-bond donors (Lipinski definition) is 1. The number of benzene rings is 2. The lowest BCUT2D eigenvalue weighted by molar-refractivity contribution is 0.852. The average Bonchev–Trinajstić information content (AvgIpc) is 3.13. The molecule has 0 aliphatic heterocycles. The zero-order valence-electron chi connectivity index (χ0n) is 14.6. The average molecular weight is 356 g/mol. The number of hydrogen-bond acceptors (Lipinski definition) is 5. The summed E-state index contributed by atoms with van der Waals surface area (Å²) in [4.78, 5) is 21.7. The summed E-state index contributed by atoms with van der Waals surface area (Å²) in [6.07, 6.45) is 1.52. The summed E-state index contributed by atoms with van der Waals surface area (Å²) in [6.45, 7) is 0.503. The number of nitrogens with zero attached hydrogens (tertiary/aromatic N) is 5. The molecule has 0 fully saturated rings. The van der Waals surface area contributed by atoms with Gasteiger partial charge in [0.2, 0.25) is 5.95 Å². The van der Waals surface area contributed by atoms with Crippen LogP contribution in [0.5, 0.6) is 0 Å². The molecule has 0 unspecified atom stereocenters. The fourth-order valence-electron chi connectivity index (χ4n) is 2.93. The molecule has 1 N–H and O–H groups in total. The van der Waals surface area contributed by atoms with Gasteiger partial charge in [-0.3, -0.25) is 9.78 Å². The number of anilines is 1. The maximum Gasteiger partial charge on any atom is 0.263 e. The van der Waals surface area contributed by atoms with Crippen molar-refractivity contribution in [1.82, 2.24) is 19.7 Å². The van der Waals surface area contributed by atoms with E-state index >= 15 is 0 Å². The van der Waals surface area contributed by atoms with Gasteiger partial charge in [0.25, 0.3) is 5.56 Å². The molecule has 0 amide bonds. The van der Waals surface area contributed by atoms with Gasteiger partial charge in [-0.25, -0.2) is 4.68 Å². The minimum absolute atomic E-state index is 0.241. The molecule has 2 heterocycles. The fraction of sp³-hybridized carbons (Fsp3) is 0.100. The van der Waals surface area contributed by atoms with Crippen LogP contribution in [0.4, 0.5) is 5.95 Å². The first-order valence-electron chi connectivity index (χ1n) is 8.39. The summed E-state index contributed by atoms with van der Waals surface area (Å²) >= 11 is 0. The Bertz CT molecular complexity index is 1200. The van der Waals surface area contributed by atoms with Gasteiger partial charge in [0.1, 0.15) is 5.39 Å². The third kappa shape index (κ3) is 3.16. The second kappa shape index (κ2) is 6.77. The van der Waals surface area contributed by atoms with Gasteiger partial charge in [0.05, 0.1) is 23.5 Å². The van der Waals surface area contributed by atoms with Crippen LogP contribution in [-0.4, -0.2) is 26.8 Å². The van der Waals surface area contributed by atoms with Crippen LogP contribution in [0, 0.1) is 11.3 Å². The molecule has 0 bridgehead atoms. The second-order valence-corrected chi connectivity index (χ2v) is 6.19. The normalized spacial score (nSPS) is 10.7. The van der Waals surface area contributed by atoms with Crippen molar-refractivity contribution in [2.24, 2.45) is 0 Å². The maximum atomic E-state index is 12.5. The summed E-state index contributed by atoms with van der Waals surface area (Å²) in [5.41, 5.74) is 2.64. The smallest absolute Gasteiger partial charge is 0.263 e. The van der Waals surface area contributed by atoms with Crippen LogP contribution in [-0.2, 0) is 6.54 Å². The third-order valence-corrected chi connectivity index (χ3v) is 4.26. The quantitative estimate of drug-likeness (QED) is 0.607. The highest BCUT2D eigenvalue weighted by Gasteiger charge is 2.14. The summed E-state index contributed by atoms with van der Waals surface area (Å²) < 4.78 is 1.65. The van der Waals surface area contributed by atoms with E-state index < -0.39 is 0 Å². The molecule has 7 nitrogen and oxygen atoms in total. The Kier molecular flexibility index (Phi) is 4.15. The molecule has 2 aromatic carbocycles. The molecule has 132 valence electrons. The van der Waals surface area contributed by atoms with Crippen molar-refractivity contribution in [2.45, 2.75) is 6.54 Å². The van der Waals surface area contributed by atoms with Crippen molar-refractivity contribution in [3.63, 3.8) is 0 Å². The Morgan fingerprint density at radius 3 is 2.78 bits per heavy atom. The SMILES string of the molecule is CN(Cc1cccc(C#N)c1)c1nc2c(cnn2-c2ccccc2)c(=O)[nH]1. The topological polar surface area (TPSA) is 90.6 Å². The second-order valence-electron chi connectivity index (χ2n) is 6.19. The molecule has 0 atom stereocenters. The van der Waals surface area contributed by atoms with Gasteiger partial charge in [-0.2, -0.15) is 15.3 Å². The van der Waals surface area contributed by atoms with Crippen LogP contribution in [0.15, 0.2) is 65.6 Å². The predicted octanol–water partition coefficient (Wildman–Crippen LogP) is 2.62. The standard InChI is InChI=1S/C20H16N6O/c1-25(13-15-7-5-6-14(10-15)11-21)20-23-18-17(19(27)24-20)12-22-26(18)16-8-3-2-4-9-16/h2-10,12H,13H2,1H3,(H,23,24,27). The Morgan fingerprint density at radius 2 is 2.00 bits per heavy atom. The first kappa shape index (κ1) is 16.5. The van der Waals surface area contributed by atoms with E-state index in [1.54, 1.807) is 10.7 Å². The Morgan fingerprint density at radius 1 is 1.19 bits per heavy atom. The Labute approximate surface area is 155 Å². The highest BCUT2D eigenvalue weighted by Crippen LogP contribution is 2.17. The molecule has 0 aliphatic carbocycles. The lowest BCUT2D eigenvalue weighted by atomic mass is 10.1. The zero-order chi connectivity index (χ0) is 18.8. The third-order valence-electron chi connectivity index (χ3n) is 4.26. The van der Waals surface area contributed by atoms with E-state index in [1.807, 2.05) is 60.5 Å². The summed E-state index contributed by atoms with van der Waals surface area (Å²) in [6, 6.07) is 19.0. The first-order valence-corrected chi connectivity index (χ1v) is 8.39. The van der Waals surface area contributed by atoms with Crippen molar-refractivity contribution >= 4 is 17.0 Å². The molecule has 4 rings (SSSR count). The molecule has 0 spiro atoms. The monoisotopic (exact) mass is 356 g/mol. The molecule has 0 saturated carbocycles. The van der Waals surface area contributed by atoms with Gasteiger partial charge in [-0.05, 0) is 29.8 Å². The van der Waals surface area contributed by atoms with Crippen LogP contribution in [0.2, 0.25) is 0 Å². The van der Waals surface area contributed by atoms with Crippen LogP contribution in [0.25, 0.3) is 16.7 Å². The molecule has 0 radical (unpaired) electrons. The van der Waals surface area contributed by atoms with Gasteiger partial charge >= 0.3 is 0 Å². The molecular weight excluding hydrogens is 340 g/mol. The Hall–Kier alpha value is -3.92. The first-order chi connectivity index (χ1) is 13.2. The van der Waals surface area contributed by atoms with E-state index in [2.05, 4.69) is 21.1 Å². The van der Waals surface area contributed by atoms with E-state index in [9.17, 15) is 4.79 Å². The largest absolute Gasteiger partial charge is 0.341 e. The molecule has 2 aromatic heterocycles. The van der Waals surface area contributed by atoms with Crippen molar-refractivity contribution in [2.75, 3.05) is 11.9 Å². The van der Waals surface area contributed by atoms with Gasteiger partial charge in [0.15, 0.2) is 5.65 Å². The minimum Gasteiger partial charge on any atom is -0.341 e. The van der Waals surface area contributed by atoms with Crippen molar-refractivity contribution in [3.05, 3.63) is 82.3 Å². The summed E-state index contributed by atoms with van der Waals surface area (Å²) in [5.74, 6) is 0.438. The van der Waals surface area contributed by atoms with Gasteiger partial charge in [-0.15, -0.1) is 0 Å². The molecule has 7 heteroatoms. The lowest BCUT2D eigenvalue weighted by Crippen LogP contribution is -2.23. The zero-order valence-corrected chi connectivity index (χ0v) is 14.6. The van der Waals surface area contributed by atoms with E-state index in [-0.39, 0.29) is 5.56 Å². The lowest BCUT2D eigenvalue weighted by Gasteiger charge is -2.18. The van der Waals surface area contributed by atoms with Crippen molar-refractivity contribution < 1.29 is 0 Å². The number of aromatic amines is 1. The van der Waals surface area contributed by atoms with Gasteiger partial charge in [0, 0.05) is 13.6 Å². The molecule has 0 saturated heterocycles. The number of fused-ring (bicyclic) bond motifs is 1. The van der Waals surface area contributed by atoms with E-state index in [0.717, 1.165) is 11.3 Å². The Balaban J connectivity index is 1.74. The number of para-hydroxylation sites is 1. The number of H-pyrrole nitrogens is 1. The van der Waals surface area contributed by atoms with Crippen molar-refractivity contribution in [3.8, 4) is 11.8 Å². The van der Waals surface area contributed by atoms with E-state index in [4.69, 9.17) is 5.26 Å². The number of rotatable bonds is 4. The maximum absolute atomic E-state index is 12.5. The van der Waals surface area contributed by atoms with Crippen LogP contribution in [0.1, 0.15) is 11.1 Å². The van der Waals surface area contributed by atoms with Crippen LogP contribution in [0.3, 0.4) is 0 Å². The number of nitrogens with one attached hydrogen (secondary N) is 1. The molecule has 0 aliphatic rings. The molecule has 27 heavy (non-hydrogen) atoms. The molecular formula is C20H16N6O. The van der Waals surface area contributed by atoms with E-state index in [0.29, 0.717) is 29.1 Å². The molecule has 4 aromatic rings. The van der Waals surface area contributed by atoms with Crippen LogP contribution < -0.4 is 10.5 Å². The van der Waals surface area contributed by atoms with E-state index in [1.165, 1.54) is 6.20 Å². The van der Waals surface area contributed by atoms with Gasteiger partial charge in [-0.1, -0.05) is 30.3 Å².